The number of hydrogen-bond acceptors (Lipinski definition) is 4. The number of aromatic amines is 1. The van der Waals surface area contributed by atoms with Crippen molar-refractivity contribution in [2.24, 2.45) is 11.8 Å². The van der Waals surface area contributed by atoms with Gasteiger partial charge in [-0.25, -0.2) is 4.98 Å². The fraction of sp³-hybridized carbons (Fsp3) is 0.550. The number of carbonyl (C=O) groups excluding carboxylic acids is 1. The predicted molar refractivity (Wildman–Crippen MR) is 98.6 cm³/mol. The molecule has 1 saturated carbocycles. The molecule has 1 aliphatic heterocycles. The van der Waals surface area contributed by atoms with Gasteiger partial charge in [0.15, 0.2) is 5.82 Å². The van der Waals surface area contributed by atoms with E-state index in [0.717, 1.165) is 29.1 Å². The Labute approximate surface area is 166 Å². The summed E-state index contributed by atoms with van der Waals surface area (Å²) in [4.78, 5) is 17.9. The third-order valence-corrected chi connectivity index (χ3v) is 6.25. The molecule has 6 nitrogen and oxygen atoms in total. The molecular weight excluding hydrogens is 385 g/mol. The van der Waals surface area contributed by atoms with E-state index in [1.807, 2.05) is 37.3 Å². The number of aliphatic hydroxyl groups excluding tert-OH is 1. The van der Waals surface area contributed by atoms with Gasteiger partial charge in [0, 0.05) is 24.1 Å². The third-order valence-electron chi connectivity index (χ3n) is 6.25. The van der Waals surface area contributed by atoms with Gasteiger partial charge in [-0.05, 0) is 31.1 Å². The van der Waals surface area contributed by atoms with Crippen molar-refractivity contribution in [2.45, 2.75) is 43.9 Å². The first-order valence-corrected chi connectivity index (χ1v) is 9.74. The van der Waals surface area contributed by atoms with E-state index in [2.05, 4.69) is 10.2 Å². The molecule has 0 spiro atoms. The number of H-pyrrole nitrogens is 1. The summed E-state index contributed by atoms with van der Waals surface area (Å²) in [5, 5.41) is 16.7. The molecule has 29 heavy (non-hydrogen) atoms. The zero-order chi connectivity index (χ0) is 20.8. The second-order valence-electron chi connectivity index (χ2n) is 8.13. The van der Waals surface area contributed by atoms with Gasteiger partial charge in [0.25, 0.3) is 5.91 Å². The zero-order valence-corrected chi connectivity index (χ0v) is 16.0. The molecule has 4 rings (SSSR count). The molecule has 2 heterocycles. The summed E-state index contributed by atoms with van der Waals surface area (Å²) in [5.74, 6) is 0.342. The number of hydrogen-bond donors (Lipinski definition) is 2. The molecule has 1 aromatic carbocycles. The summed E-state index contributed by atoms with van der Waals surface area (Å²) in [6.45, 7) is 2.33. The number of nitrogens with zero attached hydrogens (tertiary/aromatic N) is 3. The highest BCUT2D eigenvalue weighted by molar-refractivity contribution is 5.81. The van der Waals surface area contributed by atoms with Crippen molar-refractivity contribution in [1.82, 2.24) is 20.1 Å². The Morgan fingerprint density at radius 2 is 2.00 bits per heavy atom. The molecule has 1 saturated heterocycles. The van der Waals surface area contributed by atoms with E-state index in [9.17, 15) is 23.1 Å². The number of piperidine rings is 1. The minimum atomic E-state index is -4.94. The van der Waals surface area contributed by atoms with Crippen molar-refractivity contribution < 1.29 is 23.1 Å². The van der Waals surface area contributed by atoms with Crippen LogP contribution in [0, 0.1) is 11.8 Å². The fourth-order valence-electron chi connectivity index (χ4n) is 4.60. The average Bonchev–Trinajstić information content (AvgIpc) is 3.34. The Bertz CT molecular complexity index is 879. The summed E-state index contributed by atoms with van der Waals surface area (Å²) in [6.07, 6.45) is -5.46. The molecule has 2 unspecified atom stereocenters. The summed E-state index contributed by atoms with van der Waals surface area (Å²) >= 11 is 0. The Balaban J connectivity index is 1.48. The first kappa shape index (κ1) is 19.9. The highest BCUT2D eigenvalue weighted by Gasteiger charge is 2.56. The summed E-state index contributed by atoms with van der Waals surface area (Å²) in [7, 11) is 0. The Morgan fingerprint density at radius 1 is 1.31 bits per heavy atom. The maximum atomic E-state index is 12.7. The zero-order valence-electron chi connectivity index (χ0n) is 16.0. The summed E-state index contributed by atoms with van der Waals surface area (Å²) in [6, 6.07) is 9.63. The highest BCUT2D eigenvalue weighted by atomic mass is 19.4. The van der Waals surface area contributed by atoms with E-state index < -0.39 is 18.2 Å². The predicted octanol–water partition coefficient (Wildman–Crippen LogP) is 2.91. The van der Waals surface area contributed by atoms with Crippen molar-refractivity contribution >= 4 is 5.91 Å². The molecular formula is C20H23F3N4O2. The van der Waals surface area contributed by atoms with E-state index in [4.69, 9.17) is 4.98 Å². The van der Waals surface area contributed by atoms with Crippen molar-refractivity contribution in [3.05, 3.63) is 36.2 Å². The molecule has 156 valence electrons. The lowest BCUT2D eigenvalue weighted by atomic mass is 9.74. The maximum absolute atomic E-state index is 12.7. The lowest BCUT2D eigenvalue weighted by Crippen LogP contribution is -2.52. The van der Waals surface area contributed by atoms with Gasteiger partial charge >= 0.3 is 6.18 Å². The third kappa shape index (κ3) is 3.63. The van der Waals surface area contributed by atoms with Crippen LogP contribution < -0.4 is 0 Å². The van der Waals surface area contributed by atoms with Crippen molar-refractivity contribution in [3.8, 4) is 11.4 Å². The monoisotopic (exact) mass is 408 g/mol. The van der Waals surface area contributed by atoms with Crippen molar-refractivity contribution in [3.63, 3.8) is 0 Å². The van der Waals surface area contributed by atoms with Gasteiger partial charge in [0.1, 0.15) is 5.82 Å². The number of rotatable bonds is 4. The average molecular weight is 408 g/mol. The standard InChI is InChI=1S/C20H23F3N4O2/c1-12-11-27(17(29)15(28)20(21,22)23)10-7-14(12)19(8-9-19)18-24-16(25-26-18)13-5-3-2-4-6-13/h2-6,12,14-15,28H,7-11H2,1H3,(H,24,25,26)/t12?,14?,15-/m1/s1. The van der Waals surface area contributed by atoms with Crippen molar-refractivity contribution in [2.75, 3.05) is 13.1 Å². The largest absolute Gasteiger partial charge is 0.423 e. The molecule has 2 N–H and O–H groups in total. The number of amides is 1. The van der Waals surface area contributed by atoms with Gasteiger partial charge in [0.2, 0.25) is 6.10 Å². The Hall–Kier alpha value is -2.42. The molecule has 0 radical (unpaired) electrons. The van der Waals surface area contributed by atoms with Crippen LogP contribution in [0.4, 0.5) is 13.2 Å². The highest BCUT2D eigenvalue weighted by Crippen LogP contribution is 2.57. The van der Waals surface area contributed by atoms with Crippen LogP contribution in [0.3, 0.4) is 0 Å². The topological polar surface area (TPSA) is 82.1 Å². The van der Waals surface area contributed by atoms with Gasteiger partial charge in [-0.3, -0.25) is 9.89 Å². The van der Waals surface area contributed by atoms with Gasteiger partial charge < -0.3 is 10.0 Å². The Morgan fingerprint density at radius 3 is 2.59 bits per heavy atom. The van der Waals surface area contributed by atoms with Crippen LogP contribution in [0.1, 0.15) is 32.0 Å². The maximum Gasteiger partial charge on any atom is 0.423 e. The van der Waals surface area contributed by atoms with E-state index in [1.165, 1.54) is 0 Å². The SMILES string of the molecule is CC1CN(C(=O)[C@@H](O)C(F)(F)F)CCC1C1(c2nc(-c3ccccc3)n[nH]2)CC1. The summed E-state index contributed by atoms with van der Waals surface area (Å²) in [5.41, 5.74) is 0.748. The van der Waals surface area contributed by atoms with Gasteiger partial charge in [-0.1, -0.05) is 37.3 Å². The van der Waals surface area contributed by atoms with Gasteiger partial charge in [-0.2, -0.15) is 18.3 Å². The van der Waals surface area contributed by atoms with Crippen LogP contribution in [-0.2, 0) is 10.2 Å². The summed E-state index contributed by atoms with van der Waals surface area (Å²) < 4.78 is 38.0. The van der Waals surface area contributed by atoms with Crippen LogP contribution in [-0.4, -0.2) is 56.5 Å². The minimum Gasteiger partial charge on any atom is -0.376 e. The van der Waals surface area contributed by atoms with E-state index in [1.54, 1.807) is 0 Å². The second-order valence-corrected chi connectivity index (χ2v) is 8.13. The van der Waals surface area contributed by atoms with E-state index >= 15 is 0 Å². The molecule has 1 aliphatic carbocycles. The lowest BCUT2D eigenvalue weighted by molar-refractivity contribution is -0.211. The van der Waals surface area contributed by atoms with Crippen LogP contribution >= 0.6 is 0 Å². The van der Waals surface area contributed by atoms with E-state index in [-0.39, 0.29) is 30.3 Å². The molecule has 1 amide bonds. The molecule has 2 fully saturated rings. The number of alkyl halides is 3. The number of halogens is 3. The second kappa shape index (κ2) is 7.12. The van der Waals surface area contributed by atoms with Crippen LogP contribution in [0.2, 0.25) is 0 Å². The fourth-order valence-corrected chi connectivity index (χ4v) is 4.60. The molecule has 9 heteroatoms. The molecule has 0 bridgehead atoms. The molecule has 1 aromatic heterocycles. The smallest absolute Gasteiger partial charge is 0.376 e. The van der Waals surface area contributed by atoms with Crippen LogP contribution in [0.5, 0.6) is 0 Å². The Kier molecular flexibility index (Phi) is 4.88. The quantitative estimate of drug-likeness (QED) is 0.815. The molecule has 2 aromatic rings. The number of carbonyl (C=O) groups is 1. The number of likely N-dealkylation sites (tertiary alicyclic amines) is 1. The van der Waals surface area contributed by atoms with Crippen LogP contribution in [0.15, 0.2) is 30.3 Å². The van der Waals surface area contributed by atoms with Gasteiger partial charge in [0.05, 0.1) is 0 Å². The first-order valence-electron chi connectivity index (χ1n) is 9.74. The number of aliphatic hydroxyl groups is 1. The number of aromatic nitrogens is 3. The first-order chi connectivity index (χ1) is 13.7. The number of benzene rings is 1. The molecule has 3 atom stereocenters. The normalized spacial score (nSPS) is 24.9. The van der Waals surface area contributed by atoms with Crippen LogP contribution in [0.25, 0.3) is 11.4 Å². The molecule has 2 aliphatic rings. The van der Waals surface area contributed by atoms with E-state index in [0.29, 0.717) is 12.2 Å². The number of nitrogens with one attached hydrogen (secondary N) is 1. The van der Waals surface area contributed by atoms with Crippen molar-refractivity contribution in [1.29, 1.82) is 0 Å². The minimum absolute atomic E-state index is 0.0130. The van der Waals surface area contributed by atoms with Gasteiger partial charge in [-0.15, -0.1) is 0 Å². The lowest BCUT2D eigenvalue weighted by Gasteiger charge is -2.41.